The van der Waals surface area contributed by atoms with Crippen LogP contribution in [0.2, 0.25) is 0 Å². The molecule has 32 heavy (non-hydrogen) atoms. The Labute approximate surface area is 186 Å². The van der Waals surface area contributed by atoms with Gasteiger partial charge in [0.05, 0.1) is 25.4 Å². The molecular weight excluding hydrogens is 430 g/mol. The van der Waals surface area contributed by atoms with Gasteiger partial charge in [-0.15, -0.1) is 15.3 Å². The lowest BCUT2D eigenvalue weighted by atomic mass is 10.2. The number of fused-ring (bicyclic) bond motifs is 2. The summed E-state index contributed by atoms with van der Waals surface area (Å²) in [6, 6.07) is 16.2. The minimum atomic E-state index is -0.203. The molecule has 11 heteroatoms. The number of rotatable bonds is 7. The predicted octanol–water partition coefficient (Wildman–Crippen LogP) is 2.61. The number of hydrogen-bond acceptors (Lipinski definition) is 9. The summed E-state index contributed by atoms with van der Waals surface area (Å²) in [5.41, 5.74) is 3.42. The normalized spacial score (nSPS) is 11.0. The first kappa shape index (κ1) is 19.8. The number of ether oxygens (including phenoxy) is 2. The number of carbonyl (C=O) groups excluding carboxylic acids is 1. The first-order valence-electron chi connectivity index (χ1n) is 9.71. The molecule has 2 aromatic carbocycles. The number of hydrogen-bond donors (Lipinski definition) is 1. The molecule has 10 nitrogen and oxygen atoms in total. The van der Waals surface area contributed by atoms with Crippen LogP contribution in [0.5, 0.6) is 11.6 Å². The first-order chi connectivity index (χ1) is 15.7. The van der Waals surface area contributed by atoms with E-state index in [9.17, 15) is 4.79 Å². The van der Waals surface area contributed by atoms with Crippen LogP contribution in [0, 0.1) is 0 Å². The van der Waals surface area contributed by atoms with E-state index in [0.717, 1.165) is 22.8 Å². The van der Waals surface area contributed by atoms with Crippen molar-refractivity contribution in [2.45, 2.75) is 0 Å². The summed E-state index contributed by atoms with van der Waals surface area (Å²) in [5, 5.41) is 15.7. The minimum Gasteiger partial charge on any atom is -0.497 e. The molecule has 160 valence electrons. The molecule has 3 heterocycles. The number of methoxy groups -OCH3 is 1. The fourth-order valence-corrected chi connectivity index (χ4v) is 3.65. The van der Waals surface area contributed by atoms with Crippen molar-refractivity contribution in [1.82, 2.24) is 33.9 Å². The zero-order valence-corrected chi connectivity index (χ0v) is 17.7. The maximum Gasteiger partial charge on any atom is 0.251 e. The molecule has 0 bridgehead atoms. The third-order valence-corrected chi connectivity index (χ3v) is 5.28. The van der Waals surface area contributed by atoms with Crippen LogP contribution >= 0.6 is 11.7 Å². The highest BCUT2D eigenvalue weighted by molar-refractivity contribution is 7.00. The maximum absolute atomic E-state index is 12.4. The highest BCUT2D eigenvalue weighted by Crippen LogP contribution is 2.23. The Hall–Kier alpha value is -4.12. The molecule has 5 aromatic rings. The SMILES string of the molecule is COc1cccc(-c2nnc3ccc(OCCNC(=O)c4ccc5nsnc5c4)nn23)c1. The second-order valence-corrected chi connectivity index (χ2v) is 7.30. The lowest BCUT2D eigenvalue weighted by molar-refractivity contribution is 0.0946. The largest absolute Gasteiger partial charge is 0.497 e. The van der Waals surface area contributed by atoms with Crippen molar-refractivity contribution in [3.05, 3.63) is 60.2 Å². The van der Waals surface area contributed by atoms with E-state index < -0.39 is 0 Å². The van der Waals surface area contributed by atoms with Crippen molar-refractivity contribution in [1.29, 1.82) is 0 Å². The summed E-state index contributed by atoms with van der Waals surface area (Å²) in [6.07, 6.45) is 0. The van der Waals surface area contributed by atoms with Crippen molar-refractivity contribution < 1.29 is 14.3 Å². The van der Waals surface area contributed by atoms with Gasteiger partial charge in [0, 0.05) is 17.2 Å². The lowest BCUT2D eigenvalue weighted by Crippen LogP contribution is -2.28. The summed E-state index contributed by atoms with van der Waals surface area (Å²) < 4.78 is 20.9. The first-order valence-corrected chi connectivity index (χ1v) is 10.4. The van der Waals surface area contributed by atoms with Crippen LogP contribution in [0.3, 0.4) is 0 Å². The molecule has 0 aliphatic carbocycles. The minimum absolute atomic E-state index is 0.203. The van der Waals surface area contributed by atoms with Crippen LogP contribution in [0.15, 0.2) is 54.6 Å². The lowest BCUT2D eigenvalue weighted by Gasteiger charge is -2.08. The standard InChI is InChI=1S/C21H17N7O3S/c1-30-15-4-2-3-13(11-15)20-24-23-18-7-8-19(25-28(18)20)31-10-9-22-21(29)14-5-6-16-17(12-14)27-32-26-16/h2-8,11-12H,9-10H2,1H3,(H,22,29). The molecule has 0 saturated heterocycles. The predicted molar refractivity (Wildman–Crippen MR) is 118 cm³/mol. The number of benzene rings is 2. The van der Waals surface area contributed by atoms with E-state index in [1.165, 1.54) is 0 Å². The van der Waals surface area contributed by atoms with Crippen molar-refractivity contribution in [3.63, 3.8) is 0 Å². The Morgan fingerprint density at radius 2 is 1.97 bits per heavy atom. The van der Waals surface area contributed by atoms with Crippen molar-refractivity contribution in [2.75, 3.05) is 20.3 Å². The van der Waals surface area contributed by atoms with E-state index in [-0.39, 0.29) is 12.5 Å². The fourth-order valence-electron chi connectivity index (χ4n) is 3.14. The van der Waals surface area contributed by atoms with Crippen LogP contribution in [0.1, 0.15) is 10.4 Å². The maximum atomic E-state index is 12.4. The Morgan fingerprint density at radius 1 is 1.06 bits per heavy atom. The Balaban J connectivity index is 1.24. The summed E-state index contributed by atoms with van der Waals surface area (Å²) in [7, 11) is 1.61. The molecule has 0 aliphatic heterocycles. The van der Waals surface area contributed by atoms with Crippen molar-refractivity contribution >= 4 is 34.3 Å². The molecule has 0 atom stereocenters. The van der Waals surface area contributed by atoms with Gasteiger partial charge in [-0.3, -0.25) is 4.79 Å². The van der Waals surface area contributed by atoms with Gasteiger partial charge in [-0.2, -0.15) is 13.3 Å². The topological polar surface area (TPSA) is 116 Å². The highest BCUT2D eigenvalue weighted by atomic mass is 32.1. The molecular formula is C21H17N7O3S. The average Bonchev–Trinajstić information content (AvgIpc) is 3.48. The average molecular weight is 447 g/mol. The number of carbonyl (C=O) groups is 1. The van der Waals surface area contributed by atoms with Crippen LogP contribution < -0.4 is 14.8 Å². The van der Waals surface area contributed by atoms with Gasteiger partial charge in [-0.05, 0) is 36.4 Å². The second-order valence-electron chi connectivity index (χ2n) is 6.77. The smallest absolute Gasteiger partial charge is 0.251 e. The van der Waals surface area contributed by atoms with Gasteiger partial charge in [0.15, 0.2) is 11.5 Å². The molecule has 0 unspecified atom stereocenters. The van der Waals surface area contributed by atoms with Gasteiger partial charge in [0.25, 0.3) is 5.91 Å². The van der Waals surface area contributed by atoms with Gasteiger partial charge in [0.1, 0.15) is 23.4 Å². The number of amides is 1. The van der Waals surface area contributed by atoms with Gasteiger partial charge < -0.3 is 14.8 Å². The molecule has 0 fully saturated rings. The quantitative estimate of drug-likeness (QED) is 0.379. The number of aromatic nitrogens is 6. The third kappa shape index (κ3) is 3.93. The van der Waals surface area contributed by atoms with E-state index in [1.807, 2.05) is 24.3 Å². The van der Waals surface area contributed by atoms with E-state index in [1.54, 1.807) is 42.0 Å². The molecule has 0 aliphatic rings. The van der Waals surface area contributed by atoms with E-state index in [2.05, 4.69) is 29.4 Å². The van der Waals surface area contributed by atoms with Gasteiger partial charge in [-0.1, -0.05) is 12.1 Å². The Morgan fingerprint density at radius 3 is 2.88 bits per heavy atom. The zero-order chi connectivity index (χ0) is 21.9. The Kier molecular flexibility index (Phi) is 5.30. The summed E-state index contributed by atoms with van der Waals surface area (Å²) in [4.78, 5) is 12.4. The van der Waals surface area contributed by atoms with Crippen LogP contribution in [0.4, 0.5) is 0 Å². The molecule has 0 saturated carbocycles. The second kappa shape index (κ2) is 8.55. The fraction of sp³-hybridized carbons (Fsp3) is 0.143. The van der Waals surface area contributed by atoms with E-state index in [4.69, 9.17) is 9.47 Å². The monoisotopic (exact) mass is 447 g/mol. The van der Waals surface area contributed by atoms with Crippen molar-refractivity contribution in [3.8, 4) is 23.0 Å². The van der Waals surface area contributed by atoms with Crippen LogP contribution in [-0.2, 0) is 0 Å². The molecule has 3 aromatic heterocycles. The molecule has 1 N–H and O–H groups in total. The summed E-state index contributed by atoms with van der Waals surface area (Å²) >= 11 is 1.12. The van der Waals surface area contributed by atoms with Crippen LogP contribution in [-0.4, -0.2) is 54.7 Å². The molecule has 5 rings (SSSR count). The number of nitrogens with zero attached hydrogens (tertiary/aromatic N) is 6. The Bertz CT molecular complexity index is 1420. The summed E-state index contributed by atoms with van der Waals surface area (Å²) in [6.45, 7) is 0.568. The number of nitrogens with one attached hydrogen (secondary N) is 1. The van der Waals surface area contributed by atoms with Gasteiger partial charge in [0.2, 0.25) is 5.88 Å². The highest BCUT2D eigenvalue weighted by Gasteiger charge is 2.12. The third-order valence-electron chi connectivity index (χ3n) is 4.72. The molecule has 0 radical (unpaired) electrons. The van der Waals surface area contributed by atoms with Gasteiger partial charge >= 0.3 is 0 Å². The van der Waals surface area contributed by atoms with Crippen LogP contribution in [0.25, 0.3) is 28.1 Å². The molecule has 1 amide bonds. The van der Waals surface area contributed by atoms with Crippen molar-refractivity contribution in [2.24, 2.45) is 0 Å². The van der Waals surface area contributed by atoms with E-state index in [0.29, 0.717) is 40.7 Å². The zero-order valence-electron chi connectivity index (χ0n) is 16.9. The van der Waals surface area contributed by atoms with E-state index >= 15 is 0 Å². The van der Waals surface area contributed by atoms with Gasteiger partial charge in [-0.25, -0.2) is 0 Å². The summed E-state index contributed by atoms with van der Waals surface area (Å²) in [5.74, 6) is 1.48. The molecule has 0 spiro atoms.